The second-order valence-corrected chi connectivity index (χ2v) is 6.54. The lowest BCUT2D eigenvalue weighted by Crippen LogP contribution is -2.48. The fourth-order valence-electron chi connectivity index (χ4n) is 4.04. The van der Waals surface area contributed by atoms with E-state index in [1.807, 2.05) is 30.3 Å². The van der Waals surface area contributed by atoms with Gasteiger partial charge in [-0.15, -0.1) is 0 Å². The van der Waals surface area contributed by atoms with E-state index < -0.39 is 5.92 Å². The molecule has 22 heavy (non-hydrogen) atoms. The third kappa shape index (κ3) is 2.24. The summed E-state index contributed by atoms with van der Waals surface area (Å²) in [5, 5.41) is 9.56. The molecule has 2 bridgehead atoms. The zero-order valence-electron chi connectivity index (χ0n) is 12.6. The standard InChI is InChI=1S/C17H21NO4/c1-18-13-7-11(8-14(18)16-15(13)22-16)21-17(20)12(9-19)10-5-3-2-4-6-10/h2-6,11-16,19H,7-9H2,1H3/t11?,12?,13-,14-,15-,16+/m0/s1. The van der Waals surface area contributed by atoms with Gasteiger partial charge in [-0.1, -0.05) is 30.3 Å². The minimum absolute atomic E-state index is 0.0622. The Morgan fingerprint density at radius 2 is 1.95 bits per heavy atom. The summed E-state index contributed by atoms with van der Waals surface area (Å²) in [6.07, 6.45) is 2.26. The predicted octanol–water partition coefficient (Wildman–Crippen LogP) is 0.918. The van der Waals surface area contributed by atoms with Gasteiger partial charge in [-0.3, -0.25) is 9.69 Å². The number of aliphatic hydroxyl groups is 1. The number of fused-ring (bicyclic) bond motifs is 5. The normalized spacial score (nSPS) is 37.5. The SMILES string of the molecule is CN1[C@H]2CC(OC(=O)C(CO)c3ccccc3)C[C@H]1[C@H]1O[C@H]12. The monoisotopic (exact) mass is 303 g/mol. The molecule has 0 aromatic heterocycles. The number of epoxide rings is 1. The highest BCUT2D eigenvalue weighted by atomic mass is 16.6. The number of morpholine rings is 1. The van der Waals surface area contributed by atoms with Crippen LogP contribution < -0.4 is 0 Å². The number of hydrogen-bond acceptors (Lipinski definition) is 5. The molecule has 0 aliphatic carbocycles. The maximum atomic E-state index is 12.4. The van der Waals surface area contributed by atoms with Crippen molar-refractivity contribution in [3.8, 4) is 0 Å². The van der Waals surface area contributed by atoms with E-state index >= 15 is 0 Å². The predicted molar refractivity (Wildman–Crippen MR) is 79.4 cm³/mol. The van der Waals surface area contributed by atoms with E-state index in [4.69, 9.17) is 9.47 Å². The Morgan fingerprint density at radius 3 is 2.55 bits per heavy atom. The molecule has 3 aliphatic rings. The Kier molecular flexibility index (Phi) is 3.44. The van der Waals surface area contributed by atoms with E-state index in [0.717, 1.165) is 18.4 Å². The lowest BCUT2D eigenvalue weighted by molar-refractivity contribution is -0.156. The number of carbonyl (C=O) groups is 1. The van der Waals surface area contributed by atoms with Crippen molar-refractivity contribution >= 4 is 5.97 Å². The molecular formula is C17H21NO4. The first-order valence-corrected chi connectivity index (χ1v) is 7.92. The fourth-order valence-corrected chi connectivity index (χ4v) is 4.04. The lowest BCUT2D eigenvalue weighted by atomic mass is 9.97. The average molecular weight is 303 g/mol. The summed E-state index contributed by atoms with van der Waals surface area (Å²) in [6, 6.07) is 10.1. The maximum absolute atomic E-state index is 12.4. The summed E-state index contributed by atoms with van der Waals surface area (Å²) in [7, 11) is 2.13. The van der Waals surface area contributed by atoms with Gasteiger partial charge in [0.25, 0.3) is 0 Å². The van der Waals surface area contributed by atoms with Crippen molar-refractivity contribution < 1.29 is 19.4 Å². The summed E-state index contributed by atoms with van der Waals surface area (Å²) >= 11 is 0. The van der Waals surface area contributed by atoms with Gasteiger partial charge in [0.05, 0.1) is 6.61 Å². The molecule has 1 aromatic carbocycles. The van der Waals surface area contributed by atoms with Crippen molar-refractivity contribution in [2.24, 2.45) is 0 Å². The molecule has 1 aromatic rings. The molecule has 3 saturated heterocycles. The van der Waals surface area contributed by atoms with E-state index in [1.165, 1.54) is 0 Å². The van der Waals surface area contributed by atoms with Crippen molar-refractivity contribution in [2.45, 2.75) is 49.2 Å². The first kappa shape index (κ1) is 14.2. The van der Waals surface area contributed by atoms with Gasteiger partial charge in [-0.2, -0.15) is 0 Å². The summed E-state index contributed by atoms with van der Waals surface area (Å²) in [5.74, 6) is -0.915. The number of aliphatic hydroxyl groups excluding tert-OH is 1. The largest absolute Gasteiger partial charge is 0.462 e. The number of likely N-dealkylation sites (N-methyl/N-ethyl adjacent to an activating group) is 1. The van der Waals surface area contributed by atoms with Crippen LogP contribution in [-0.4, -0.2) is 60.0 Å². The summed E-state index contributed by atoms with van der Waals surface area (Å²) < 4.78 is 11.4. The van der Waals surface area contributed by atoms with Crippen LogP contribution in [-0.2, 0) is 14.3 Å². The van der Waals surface area contributed by atoms with Gasteiger partial charge in [0.2, 0.25) is 0 Å². The molecule has 4 rings (SSSR count). The Morgan fingerprint density at radius 1 is 1.32 bits per heavy atom. The molecule has 118 valence electrons. The van der Waals surface area contributed by atoms with Gasteiger partial charge in [-0.25, -0.2) is 0 Å². The van der Waals surface area contributed by atoms with Gasteiger partial charge in [0.1, 0.15) is 24.2 Å². The summed E-state index contributed by atoms with van der Waals surface area (Å²) in [5.41, 5.74) is 0.803. The average Bonchev–Trinajstić information content (AvgIpc) is 3.27. The number of carbonyl (C=O) groups excluding carboxylic acids is 1. The molecule has 0 spiro atoms. The molecule has 0 radical (unpaired) electrons. The number of benzene rings is 1. The van der Waals surface area contributed by atoms with Crippen LogP contribution in [0.1, 0.15) is 24.3 Å². The van der Waals surface area contributed by atoms with Gasteiger partial charge in [0.15, 0.2) is 0 Å². The third-order valence-electron chi connectivity index (χ3n) is 5.33. The van der Waals surface area contributed by atoms with Crippen molar-refractivity contribution in [3.63, 3.8) is 0 Å². The molecule has 2 unspecified atom stereocenters. The second-order valence-electron chi connectivity index (χ2n) is 6.54. The number of piperidine rings is 1. The number of nitrogens with zero attached hydrogens (tertiary/aromatic N) is 1. The maximum Gasteiger partial charge on any atom is 0.316 e. The highest BCUT2D eigenvalue weighted by Crippen LogP contribution is 2.48. The molecule has 3 fully saturated rings. The first-order chi connectivity index (χ1) is 10.7. The van der Waals surface area contributed by atoms with Crippen molar-refractivity contribution in [2.75, 3.05) is 13.7 Å². The van der Waals surface area contributed by atoms with E-state index in [1.54, 1.807) is 0 Å². The highest BCUT2D eigenvalue weighted by Gasteiger charge is 2.62. The summed E-state index contributed by atoms with van der Waals surface area (Å²) in [4.78, 5) is 14.8. The number of esters is 1. The molecule has 5 heteroatoms. The van der Waals surface area contributed by atoms with E-state index in [9.17, 15) is 9.90 Å². The lowest BCUT2D eigenvalue weighted by Gasteiger charge is -2.38. The van der Waals surface area contributed by atoms with Crippen molar-refractivity contribution in [3.05, 3.63) is 35.9 Å². The van der Waals surface area contributed by atoms with E-state index in [-0.39, 0.29) is 18.7 Å². The Labute approximate surface area is 129 Å². The quantitative estimate of drug-likeness (QED) is 0.662. The number of hydrogen-bond donors (Lipinski definition) is 1. The van der Waals surface area contributed by atoms with Gasteiger partial charge in [-0.05, 0) is 12.6 Å². The van der Waals surface area contributed by atoms with Crippen LogP contribution in [0.3, 0.4) is 0 Å². The van der Waals surface area contributed by atoms with Crippen LogP contribution >= 0.6 is 0 Å². The molecule has 3 aliphatic heterocycles. The van der Waals surface area contributed by atoms with Crippen LogP contribution in [0.5, 0.6) is 0 Å². The van der Waals surface area contributed by atoms with Crippen LogP contribution in [0.15, 0.2) is 30.3 Å². The van der Waals surface area contributed by atoms with E-state index in [2.05, 4.69) is 11.9 Å². The van der Waals surface area contributed by atoms with Gasteiger partial charge >= 0.3 is 5.97 Å². The third-order valence-corrected chi connectivity index (χ3v) is 5.33. The van der Waals surface area contributed by atoms with Crippen molar-refractivity contribution in [1.82, 2.24) is 4.90 Å². The van der Waals surface area contributed by atoms with Gasteiger partial charge < -0.3 is 14.6 Å². The van der Waals surface area contributed by atoms with Gasteiger partial charge in [0, 0.05) is 24.9 Å². The van der Waals surface area contributed by atoms with Crippen LogP contribution in [0.2, 0.25) is 0 Å². The zero-order chi connectivity index (χ0) is 15.3. The minimum atomic E-state index is -0.593. The zero-order valence-corrected chi connectivity index (χ0v) is 12.6. The molecule has 0 amide bonds. The topological polar surface area (TPSA) is 62.3 Å². The first-order valence-electron chi connectivity index (χ1n) is 7.92. The molecule has 6 atom stereocenters. The molecular weight excluding hydrogens is 282 g/mol. The number of ether oxygens (including phenoxy) is 2. The fraction of sp³-hybridized carbons (Fsp3) is 0.588. The molecule has 3 heterocycles. The Bertz CT molecular complexity index is 545. The van der Waals surface area contributed by atoms with Crippen LogP contribution in [0.25, 0.3) is 0 Å². The summed E-state index contributed by atoms with van der Waals surface area (Å²) in [6.45, 7) is -0.226. The molecule has 5 nitrogen and oxygen atoms in total. The smallest absolute Gasteiger partial charge is 0.316 e. The number of rotatable bonds is 4. The minimum Gasteiger partial charge on any atom is -0.462 e. The Hall–Kier alpha value is -1.43. The molecule has 0 saturated carbocycles. The Balaban J connectivity index is 1.42. The molecule has 1 N–H and O–H groups in total. The van der Waals surface area contributed by atoms with E-state index in [0.29, 0.717) is 24.3 Å². The second kappa shape index (κ2) is 5.33. The van der Waals surface area contributed by atoms with Crippen LogP contribution in [0.4, 0.5) is 0 Å². The highest BCUT2D eigenvalue weighted by molar-refractivity contribution is 5.78. The van der Waals surface area contributed by atoms with Crippen molar-refractivity contribution in [1.29, 1.82) is 0 Å². The van der Waals surface area contributed by atoms with Crippen LogP contribution in [0, 0.1) is 0 Å².